The summed E-state index contributed by atoms with van der Waals surface area (Å²) < 4.78 is 5.32. The van der Waals surface area contributed by atoms with Crippen LogP contribution in [0.25, 0.3) is 0 Å². The molecule has 4 atom stereocenters. The topological polar surface area (TPSA) is 63.6 Å². The molecule has 8 bridgehead atoms. The van der Waals surface area contributed by atoms with Gasteiger partial charge in [-0.2, -0.15) is 0 Å². The Hall–Kier alpha value is -1.84. The molecule has 4 heteroatoms. The van der Waals surface area contributed by atoms with E-state index in [4.69, 9.17) is 4.74 Å². The Morgan fingerprint density at radius 2 is 1.21 bits per heavy atom. The van der Waals surface area contributed by atoms with Gasteiger partial charge in [0.05, 0.1) is 12.5 Å². The lowest BCUT2D eigenvalue weighted by molar-refractivity contribution is -0.233. The van der Waals surface area contributed by atoms with Gasteiger partial charge in [-0.05, 0) is 136 Å². The molecule has 4 unspecified atom stereocenters. The summed E-state index contributed by atoms with van der Waals surface area (Å²) in [4.78, 5) is 26.7. The van der Waals surface area contributed by atoms with Gasteiger partial charge < -0.3 is 9.84 Å². The van der Waals surface area contributed by atoms with Crippen molar-refractivity contribution in [2.45, 2.75) is 77.0 Å². The van der Waals surface area contributed by atoms with Crippen LogP contribution in [0.4, 0.5) is 0 Å². The molecule has 0 spiro atoms. The summed E-state index contributed by atoms with van der Waals surface area (Å²) in [5.74, 6) is 3.06. The number of rotatable bonds is 5. The van der Waals surface area contributed by atoms with E-state index in [1.54, 1.807) is 7.11 Å². The molecule has 8 aliphatic rings. The zero-order chi connectivity index (χ0) is 22.6. The number of hydrogen-bond donors (Lipinski definition) is 1. The molecule has 1 N–H and O–H groups in total. The van der Waals surface area contributed by atoms with Crippen molar-refractivity contribution in [2.75, 3.05) is 7.11 Å². The molecule has 8 aliphatic carbocycles. The van der Waals surface area contributed by atoms with Gasteiger partial charge in [0, 0.05) is 11.0 Å². The Balaban J connectivity index is 1.28. The fraction of sp³-hybridized carbons (Fsp3) is 0.724. The third kappa shape index (κ3) is 2.64. The first-order valence-electron chi connectivity index (χ1n) is 13.2. The maximum Gasteiger partial charge on any atom is 0.309 e. The second-order valence-electron chi connectivity index (χ2n) is 13.4. The summed E-state index contributed by atoms with van der Waals surface area (Å²) in [6.07, 6.45) is 13.3. The highest BCUT2D eigenvalue weighted by atomic mass is 16.5. The summed E-state index contributed by atoms with van der Waals surface area (Å²) >= 11 is 0. The van der Waals surface area contributed by atoms with Crippen LogP contribution in [0.2, 0.25) is 0 Å². The maximum atomic E-state index is 14.1. The van der Waals surface area contributed by atoms with Gasteiger partial charge in [-0.1, -0.05) is 0 Å². The smallest absolute Gasteiger partial charge is 0.309 e. The lowest BCUT2D eigenvalue weighted by Gasteiger charge is -2.73. The Labute approximate surface area is 196 Å². The number of ketones is 1. The third-order valence-corrected chi connectivity index (χ3v) is 11.5. The van der Waals surface area contributed by atoms with Crippen molar-refractivity contribution in [3.63, 3.8) is 0 Å². The molecule has 33 heavy (non-hydrogen) atoms. The molecule has 1 aromatic carbocycles. The van der Waals surface area contributed by atoms with Crippen LogP contribution in [-0.4, -0.2) is 24.0 Å². The van der Waals surface area contributed by atoms with Crippen molar-refractivity contribution >= 4 is 11.8 Å². The number of hydrogen-bond acceptors (Lipinski definition) is 3. The van der Waals surface area contributed by atoms with E-state index in [-0.39, 0.29) is 16.2 Å². The molecule has 9 rings (SSSR count). The summed E-state index contributed by atoms with van der Waals surface area (Å²) in [5, 5.41) is 10.3. The molecule has 0 radical (unpaired) electrons. The number of carboxylic acids is 1. The number of methoxy groups -OCH3 is 1. The highest BCUT2D eigenvalue weighted by molar-refractivity contribution is 6.01. The molecule has 0 aliphatic heterocycles. The summed E-state index contributed by atoms with van der Waals surface area (Å²) in [7, 11) is 1.66. The number of carboxylic acid groups (broad SMARTS) is 1. The fourth-order valence-corrected chi connectivity index (χ4v) is 11.3. The molecular weight excluding hydrogens is 412 g/mol. The maximum absolute atomic E-state index is 14.1. The number of carbonyl (C=O) groups excluding carboxylic acids is 1. The van der Waals surface area contributed by atoms with Crippen LogP contribution in [-0.2, 0) is 4.79 Å². The van der Waals surface area contributed by atoms with Crippen LogP contribution in [0, 0.1) is 45.3 Å². The first kappa shape index (κ1) is 20.5. The van der Waals surface area contributed by atoms with Gasteiger partial charge in [0.2, 0.25) is 0 Å². The van der Waals surface area contributed by atoms with Crippen LogP contribution in [0.3, 0.4) is 0 Å². The van der Waals surface area contributed by atoms with Crippen molar-refractivity contribution in [3.05, 3.63) is 29.8 Å². The first-order valence-corrected chi connectivity index (χ1v) is 13.2. The van der Waals surface area contributed by atoms with Gasteiger partial charge in [0.1, 0.15) is 5.75 Å². The second kappa shape index (κ2) is 6.43. The predicted octanol–water partition coefficient (Wildman–Crippen LogP) is 6.14. The van der Waals surface area contributed by atoms with E-state index in [0.29, 0.717) is 29.5 Å². The molecule has 0 aromatic heterocycles. The molecule has 1 aromatic rings. The molecular formula is C29H36O4. The standard InChI is InChI=1S/C29H36O4/c1-33-23-4-2-22(3-5-23)24(30)26-8-18-6-19(9-26)13-28(12-18,16-26)29-14-20-7-21(15-29)11-27(10-20,17-29)25(31)32/h2-5,18-21H,6-17H2,1H3,(H,31,32). The average Bonchev–Trinajstić information content (AvgIpc) is 2.77. The van der Waals surface area contributed by atoms with Crippen LogP contribution in [0.1, 0.15) is 87.4 Å². The molecule has 176 valence electrons. The highest BCUT2D eigenvalue weighted by Gasteiger charge is 2.71. The Morgan fingerprint density at radius 1 is 0.758 bits per heavy atom. The number of aliphatic carboxylic acids is 1. The third-order valence-electron chi connectivity index (χ3n) is 11.5. The van der Waals surface area contributed by atoms with Crippen molar-refractivity contribution in [2.24, 2.45) is 45.3 Å². The minimum Gasteiger partial charge on any atom is -0.497 e. The van der Waals surface area contributed by atoms with Crippen LogP contribution in [0.15, 0.2) is 24.3 Å². The molecule has 0 heterocycles. The number of carbonyl (C=O) groups is 2. The SMILES string of the molecule is COc1ccc(C(=O)C23CC4CC(C2)CC(C25CC6CC(CC(C(=O)O)(C6)C2)C5)(C4)C3)cc1. The number of ether oxygens (including phenoxy) is 1. The van der Waals surface area contributed by atoms with E-state index in [0.717, 1.165) is 49.8 Å². The van der Waals surface area contributed by atoms with Crippen molar-refractivity contribution in [3.8, 4) is 5.75 Å². The fourth-order valence-electron chi connectivity index (χ4n) is 11.3. The van der Waals surface area contributed by atoms with Gasteiger partial charge in [0.25, 0.3) is 0 Å². The van der Waals surface area contributed by atoms with Crippen LogP contribution < -0.4 is 4.74 Å². The van der Waals surface area contributed by atoms with E-state index in [2.05, 4.69) is 0 Å². The predicted molar refractivity (Wildman–Crippen MR) is 124 cm³/mol. The van der Waals surface area contributed by atoms with E-state index in [9.17, 15) is 14.7 Å². The quantitative estimate of drug-likeness (QED) is 0.550. The van der Waals surface area contributed by atoms with Crippen LogP contribution >= 0.6 is 0 Å². The number of benzene rings is 1. The van der Waals surface area contributed by atoms with Gasteiger partial charge in [-0.3, -0.25) is 9.59 Å². The summed E-state index contributed by atoms with van der Waals surface area (Å²) in [5.41, 5.74) is 0.440. The summed E-state index contributed by atoms with van der Waals surface area (Å²) in [6, 6.07) is 7.74. The number of Topliss-reactive ketones (excluding diaryl/α,β-unsaturated/α-hetero) is 1. The van der Waals surface area contributed by atoms with E-state index in [1.165, 1.54) is 38.5 Å². The minimum absolute atomic E-state index is 0.151. The lowest BCUT2D eigenvalue weighted by Crippen LogP contribution is -2.66. The van der Waals surface area contributed by atoms with Gasteiger partial charge in [-0.25, -0.2) is 0 Å². The zero-order valence-corrected chi connectivity index (χ0v) is 19.8. The van der Waals surface area contributed by atoms with Gasteiger partial charge in [0.15, 0.2) is 5.78 Å². The first-order chi connectivity index (χ1) is 15.8. The Bertz CT molecular complexity index is 995. The largest absolute Gasteiger partial charge is 0.497 e. The minimum atomic E-state index is -0.533. The average molecular weight is 449 g/mol. The zero-order valence-electron chi connectivity index (χ0n) is 19.8. The van der Waals surface area contributed by atoms with Crippen molar-refractivity contribution < 1.29 is 19.4 Å². The molecule has 8 fully saturated rings. The lowest BCUT2D eigenvalue weighted by atomic mass is 9.31. The van der Waals surface area contributed by atoms with E-state index >= 15 is 0 Å². The van der Waals surface area contributed by atoms with E-state index < -0.39 is 11.4 Å². The Morgan fingerprint density at radius 3 is 1.67 bits per heavy atom. The van der Waals surface area contributed by atoms with Crippen molar-refractivity contribution in [1.82, 2.24) is 0 Å². The molecule has 8 saturated carbocycles. The molecule has 0 amide bonds. The van der Waals surface area contributed by atoms with Crippen molar-refractivity contribution in [1.29, 1.82) is 0 Å². The normalized spacial score (nSPS) is 48.8. The monoisotopic (exact) mass is 448 g/mol. The van der Waals surface area contributed by atoms with Gasteiger partial charge in [-0.15, -0.1) is 0 Å². The van der Waals surface area contributed by atoms with Gasteiger partial charge >= 0.3 is 5.97 Å². The highest BCUT2D eigenvalue weighted by Crippen LogP contribution is 2.78. The Kier molecular flexibility index (Phi) is 4.00. The molecule has 4 nitrogen and oxygen atoms in total. The second-order valence-corrected chi connectivity index (χ2v) is 13.4. The van der Waals surface area contributed by atoms with E-state index in [1.807, 2.05) is 24.3 Å². The molecule has 0 saturated heterocycles. The van der Waals surface area contributed by atoms with Crippen LogP contribution in [0.5, 0.6) is 5.75 Å². The summed E-state index contributed by atoms with van der Waals surface area (Å²) in [6.45, 7) is 0.